The minimum Gasteiger partial charge on any atom is -0.376 e. The number of carbonyl (C=O) groups is 1. The first-order chi connectivity index (χ1) is 8.69. The lowest BCUT2D eigenvalue weighted by Gasteiger charge is -2.16. The summed E-state index contributed by atoms with van der Waals surface area (Å²) in [6.07, 6.45) is 0.934. The number of hydrogen-bond donors (Lipinski definition) is 3. The molecule has 1 fully saturated rings. The van der Waals surface area contributed by atoms with E-state index in [1.54, 1.807) is 0 Å². The van der Waals surface area contributed by atoms with Crippen molar-refractivity contribution in [3.63, 3.8) is 0 Å². The van der Waals surface area contributed by atoms with Crippen molar-refractivity contribution >= 4 is 11.7 Å². The quantitative estimate of drug-likeness (QED) is 0.758. The Bertz CT molecular complexity index is 422. The molecule has 5 nitrogen and oxygen atoms in total. The van der Waals surface area contributed by atoms with Crippen LogP contribution in [0.4, 0.5) is 10.5 Å². The highest BCUT2D eigenvalue weighted by Crippen LogP contribution is 2.14. The van der Waals surface area contributed by atoms with Gasteiger partial charge in [-0.05, 0) is 31.0 Å². The van der Waals surface area contributed by atoms with Crippen LogP contribution in [0, 0.1) is 0 Å². The van der Waals surface area contributed by atoms with Crippen LogP contribution in [-0.2, 0) is 11.3 Å². The first-order valence-electron chi connectivity index (χ1n) is 6.17. The molecule has 4 N–H and O–H groups in total. The van der Waals surface area contributed by atoms with Crippen LogP contribution in [0.15, 0.2) is 24.3 Å². The van der Waals surface area contributed by atoms with E-state index >= 15 is 0 Å². The van der Waals surface area contributed by atoms with Crippen LogP contribution < -0.4 is 16.4 Å². The van der Waals surface area contributed by atoms with E-state index in [-0.39, 0.29) is 18.2 Å². The molecule has 0 aromatic heterocycles. The predicted molar refractivity (Wildman–Crippen MR) is 70.3 cm³/mol. The van der Waals surface area contributed by atoms with Gasteiger partial charge in [-0.25, -0.2) is 4.79 Å². The molecule has 2 atom stereocenters. The highest BCUT2D eigenvalue weighted by atomic mass is 16.5. The minimum absolute atomic E-state index is 0.0751. The Balaban J connectivity index is 1.90. The summed E-state index contributed by atoms with van der Waals surface area (Å²) >= 11 is 0. The van der Waals surface area contributed by atoms with Gasteiger partial charge in [0.15, 0.2) is 0 Å². The standard InChI is InChI=1S/C13H19N3O2/c1-9-12(5-6-18-9)16-13(17)15-11-4-2-3-10(7-11)8-14/h2-4,7,9,12H,5-6,8,14H2,1H3,(H2,15,16,17). The van der Waals surface area contributed by atoms with Gasteiger partial charge in [0.25, 0.3) is 0 Å². The van der Waals surface area contributed by atoms with Crippen LogP contribution in [0.1, 0.15) is 18.9 Å². The Hall–Kier alpha value is -1.59. The van der Waals surface area contributed by atoms with Crippen molar-refractivity contribution in [1.82, 2.24) is 5.32 Å². The molecule has 0 bridgehead atoms. The molecule has 0 aliphatic carbocycles. The Kier molecular flexibility index (Phi) is 4.17. The van der Waals surface area contributed by atoms with E-state index in [4.69, 9.17) is 10.5 Å². The Morgan fingerprint density at radius 2 is 2.39 bits per heavy atom. The van der Waals surface area contributed by atoms with Gasteiger partial charge in [-0.15, -0.1) is 0 Å². The molecule has 1 saturated heterocycles. The maximum absolute atomic E-state index is 11.8. The summed E-state index contributed by atoms with van der Waals surface area (Å²) in [7, 11) is 0. The molecule has 98 valence electrons. The van der Waals surface area contributed by atoms with Gasteiger partial charge < -0.3 is 21.1 Å². The van der Waals surface area contributed by atoms with Gasteiger partial charge in [0, 0.05) is 18.8 Å². The van der Waals surface area contributed by atoms with Crippen LogP contribution in [-0.4, -0.2) is 24.8 Å². The fourth-order valence-corrected chi connectivity index (χ4v) is 2.03. The number of ether oxygens (including phenoxy) is 1. The average Bonchev–Trinajstić information content (AvgIpc) is 2.75. The molecule has 18 heavy (non-hydrogen) atoms. The summed E-state index contributed by atoms with van der Waals surface area (Å²) in [5.41, 5.74) is 7.30. The van der Waals surface area contributed by atoms with Gasteiger partial charge in [0.1, 0.15) is 0 Å². The predicted octanol–water partition coefficient (Wildman–Crippen LogP) is 1.44. The third kappa shape index (κ3) is 3.21. The highest BCUT2D eigenvalue weighted by molar-refractivity contribution is 5.89. The van der Waals surface area contributed by atoms with Crippen LogP contribution in [0.25, 0.3) is 0 Å². The van der Waals surface area contributed by atoms with Crippen LogP contribution >= 0.6 is 0 Å². The van der Waals surface area contributed by atoms with Crippen molar-refractivity contribution < 1.29 is 9.53 Å². The smallest absolute Gasteiger partial charge is 0.319 e. The van der Waals surface area contributed by atoms with Gasteiger partial charge in [0.2, 0.25) is 0 Å². The molecular weight excluding hydrogens is 230 g/mol. The number of carbonyl (C=O) groups excluding carboxylic acids is 1. The van der Waals surface area contributed by atoms with E-state index in [9.17, 15) is 4.79 Å². The maximum Gasteiger partial charge on any atom is 0.319 e. The molecule has 0 saturated carbocycles. The Morgan fingerprint density at radius 3 is 3.06 bits per heavy atom. The fraction of sp³-hybridized carbons (Fsp3) is 0.462. The zero-order valence-electron chi connectivity index (χ0n) is 10.5. The molecular formula is C13H19N3O2. The molecule has 2 unspecified atom stereocenters. The molecule has 1 heterocycles. The number of amides is 2. The monoisotopic (exact) mass is 249 g/mol. The highest BCUT2D eigenvalue weighted by Gasteiger charge is 2.25. The van der Waals surface area contributed by atoms with Gasteiger partial charge in [-0.3, -0.25) is 0 Å². The van der Waals surface area contributed by atoms with Gasteiger partial charge >= 0.3 is 6.03 Å². The van der Waals surface area contributed by atoms with Crippen LogP contribution in [0.5, 0.6) is 0 Å². The summed E-state index contributed by atoms with van der Waals surface area (Å²) in [5.74, 6) is 0. The zero-order valence-corrected chi connectivity index (χ0v) is 10.5. The van der Waals surface area contributed by atoms with Crippen molar-refractivity contribution in [2.75, 3.05) is 11.9 Å². The van der Waals surface area contributed by atoms with Gasteiger partial charge in [0.05, 0.1) is 12.1 Å². The molecule has 5 heteroatoms. The van der Waals surface area contributed by atoms with Crippen molar-refractivity contribution in [2.45, 2.75) is 32.0 Å². The van der Waals surface area contributed by atoms with Crippen LogP contribution in [0.2, 0.25) is 0 Å². The van der Waals surface area contributed by atoms with E-state index in [1.165, 1.54) is 0 Å². The van der Waals surface area contributed by atoms with E-state index < -0.39 is 0 Å². The number of nitrogens with two attached hydrogens (primary N) is 1. The second-order valence-corrected chi connectivity index (χ2v) is 4.47. The third-order valence-electron chi connectivity index (χ3n) is 3.11. The number of hydrogen-bond acceptors (Lipinski definition) is 3. The lowest BCUT2D eigenvalue weighted by atomic mass is 10.1. The summed E-state index contributed by atoms with van der Waals surface area (Å²) < 4.78 is 5.39. The van der Waals surface area contributed by atoms with Crippen LogP contribution in [0.3, 0.4) is 0 Å². The number of anilines is 1. The second-order valence-electron chi connectivity index (χ2n) is 4.47. The topological polar surface area (TPSA) is 76.4 Å². The number of rotatable bonds is 3. The van der Waals surface area contributed by atoms with E-state index in [0.29, 0.717) is 13.2 Å². The molecule has 1 aromatic carbocycles. The SMILES string of the molecule is CC1OCCC1NC(=O)Nc1cccc(CN)c1. The van der Waals surface area contributed by atoms with E-state index in [1.807, 2.05) is 31.2 Å². The summed E-state index contributed by atoms with van der Waals surface area (Å²) in [6, 6.07) is 7.39. The van der Waals surface area contributed by atoms with E-state index in [2.05, 4.69) is 10.6 Å². The Morgan fingerprint density at radius 1 is 1.56 bits per heavy atom. The number of benzene rings is 1. The maximum atomic E-state index is 11.8. The van der Waals surface area contributed by atoms with Crippen molar-refractivity contribution in [3.05, 3.63) is 29.8 Å². The summed E-state index contributed by atoms with van der Waals surface area (Å²) in [4.78, 5) is 11.8. The fourth-order valence-electron chi connectivity index (χ4n) is 2.03. The number of nitrogens with one attached hydrogen (secondary N) is 2. The number of urea groups is 1. The molecule has 1 aliphatic heterocycles. The summed E-state index contributed by atoms with van der Waals surface area (Å²) in [5, 5.41) is 5.71. The summed E-state index contributed by atoms with van der Waals surface area (Å²) in [6.45, 7) is 3.13. The Labute approximate surface area is 107 Å². The first-order valence-corrected chi connectivity index (χ1v) is 6.17. The van der Waals surface area contributed by atoms with Crippen molar-refractivity contribution in [3.8, 4) is 0 Å². The normalized spacial score (nSPS) is 22.8. The molecule has 2 amide bonds. The van der Waals surface area contributed by atoms with Gasteiger partial charge in [-0.1, -0.05) is 12.1 Å². The van der Waals surface area contributed by atoms with E-state index in [0.717, 1.165) is 17.7 Å². The molecule has 1 aliphatic rings. The molecule has 2 rings (SSSR count). The first kappa shape index (κ1) is 12.9. The largest absolute Gasteiger partial charge is 0.376 e. The average molecular weight is 249 g/mol. The minimum atomic E-state index is -0.202. The molecule has 0 spiro atoms. The zero-order chi connectivity index (χ0) is 13.0. The molecule has 1 aromatic rings. The van der Waals surface area contributed by atoms with Gasteiger partial charge in [-0.2, -0.15) is 0 Å². The van der Waals surface area contributed by atoms with Crippen molar-refractivity contribution in [1.29, 1.82) is 0 Å². The second kappa shape index (κ2) is 5.84. The third-order valence-corrected chi connectivity index (χ3v) is 3.11. The molecule has 0 radical (unpaired) electrons. The van der Waals surface area contributed by atoms with Crippen molar-refractivity contribution in [2.24, 2.45) is 5.73 Å². The lowest BCUT2D eigenvalue weighted by Crippen LogP contribution is -2.41. The lowest BCUT2D eigenvalue weighted by molar-refractivity contribution is 0.114.